The van der Waals surface area contributed by atoms with Gasteiger partial charge in [0.1, 0.15) is 12.2 Å². The van der Waals surface area contributed by atoms with Crippen LogP contribution in [-0.2, 0) is 11.3 Å². The molecule has 1 fully saturated rings. The van der Waals surface area contributed by atoms with Crippen LogP contribution in [0, 0.1) is 6.92 Å². The first-order valence-electron chi connectivity index (χ1n) is 7.94. The summed E-state index contributed by atoms with van der Waals surface area (Å²) in [6.07, 6.45) is 3.81. The predicted octanol–water partition coefficient (Wildman–Crippen LogP) is 1.07. The van der Waals surface area contributed by atoms with E-state index < -0.39 is 0 Å². The van der Waals surface area contributed by atoms with Crippen molar-refractivity contribution >= 4 is 5.91 Å². The van der Waals surface area contributed by atoms with E-state index in [2.05, 4.69) is 15.2 Å². The van der Waals surface area contributed by atoms with E-state index in [0.29, 0.717) is 19.5 Å². The molecule has 1 aliphatic heterocycles. The third-order valence-corrected chi connectivity index (χ3v) is 4.41. The highest BCUT2D eigenvalue weighted by Crippen LogP contribution is 2.24. The van der Waals surface area contributed by atoms with E-state index >= 15 is 0 Å². The van der Waals surface area contributed by atoms with E-state index in [4.69, 9.17) is 0 Å². The van der Waals surface area contributed by atoms with E-state index in [9.17, 15) is 9.59 Å². The number of rotatable bonds is 4. The molecule has 1 aliphatic rings. The lowest BCUT2D eigenvalue weighted by atomic mass is 9.97. The molecule has 23 heavy (non-hydrogen) atoms. The number of likely N-dealkylation sites (tertiary alicyclic amines) is 1. The Balaban J connectivity index is 1.61. The maximum absolute atomic E-state index is 12.5. The largest absolute Gasteiger partial charge is 0.342 e. The minimum absolute atomic E-state index is 0.0593. The highest BCUT2D eigenvalue weighted by Gasteiger charge is 2.26. The van der Waals surface area contributed by atoms with Crippen LogP contribution in [-0.4, -0.2) is 43.6 Å². The Morgan fingerprint density at radius 2 is 2.30 bits per heavy atom. The van der Waals surface area contributed by atoms with Crippen molar-refractivity contribution in [2.24, 2.45) is 0 Å². The number of H-pyrrole nitrogens is 1. The fourth-order valence-corrected chi connectivity index (χ4v) is 3.11. The molecule has 1 N–H and O–H groups in total. The molecule has 0 aliphatic carbocycles. The molecular formula is C16H21N5O2. The Morgan fingerprint density at radius 1 is 1.43 bits per heavy atom. The van der Waals surface area contributed by atoms with Crippen LogP contribution in [0.5, 0.6) is 0 Å². The molecule has 7 nitrogen and oxygen atoms in total. The molecule has 2 aromatic heterocycles. The molecular weight excluding hydrogens is 294 g/mol. The van der Waals surface area contributed by atoms with Gasteiger partial charge in [-0.05, 0) is 25.8 Å². The number of piperidine rings is 1. The summed E-state index contributed by atoms with van der Waals surface area (Å²) in [5.74, 6) is 1.15. The van der Waals surface area contributed by atoms with Crippen molar-refractivity contribution in [3.63, 3.8) is 0 Å². The summed E-state index contributed by atoms with van der Waals surface area (Å²) in [7, 11) is 0. The van der Waals surface area contributed by atoms with Crippen molar-refractivity contribution in [3.05, 3.63) is 46.4 Å². The van der Waals surface area contributed by atoms with Crippen molar-refractivity contribution in [2.75, 3.05) is 13.1 Å². The van der Waals surface area contributed by atoms with Gasteiger partial charge < -0.3 is 9.47 Å². The Bertz CT molecular complexity index is 722. The number of pyridine rings is 1. The van der Waals surface area contributed by atoms with Gasteiger partial charge in [0.25, 0.3) is 5.56 Å². The van der Waals surface area contributed by atoms with E-state index in [-0.39, 0.29) is 17.4 Å². The lowest BCUT2D eigenvalue weighted by Gasteiger charge is -2.31. The molecule has 0 spiro atoms. The molecule has 1 saturated heterocycles. The van der Waals surface area contributed by atoms with Crippen LogP contribution in [0.3, 0.4) is 0 Å². The van der Waals surface area contributed by atoms with Gasteiger partial charge in [0, 0.05) is 43.7 Å². The first kappa shape index (κ1) is 15.5. The molecule has 0 saturated carbocycles. The molecule has 1 atom stereocenters. The van der Waals surface area contributed by atoms with Crippen LogP contribution < -0.4 is 5.56 Å². The molecule has 3 rings (SSSR count). The van der Waals surface area contributed by atoms with Gasteiger partial charge >= 0.3 is 0 Å². The predicted molar refractivity (Wildman–Crippen MR) is 85.0 cm³/mol. The number of hydrogen-bond acceptors (Lipinski definition) is 4. The van der Waals surface area contributed by atoms with E-state index in [0.717, 1.165) is 30.9 Å². The highest BCUT2D eigenvalue weighted by molar-refractivity contribution is 5.76. The maximum Gasteiger partial charge on any atom is 0.250 e. The van der Waals surface area contributed by atoms with Gasteiger partial charge in [-0.1, -0.05) is 6.07 Å². The number of hydrogen-bond donors (Lipinski definition) is 1. The van der Waals surface area contributed by atoms with Crippen LogP contribution in [0.15, 0.2) is 29.3 Å². The summed E-state index contributed by atoms with van der Waals surface area (Å²) in [4.78, 5) is 30.4. The second-order valence-electron chi connectivity index (χ2n) is 5.96. The molecule has 0 bridgehead atoms. The molecule has 1 amide bonds. The summed E-state index contributed by atoms with van der Waals surface area (Å²) >= 11 is 0. The molecule has 7 heteroatoms. The Hall–Kier alpha value is -2.44. The van der Waals surface area contributed by atoms with Crippen molar-refractivity contribution in [2.45, 2.75) is 38.6 Å². The Kier molecular flexibility index (Phi) is 4.55. The summed E-state index contributed by atoms with van der Waals surface area (Å²) < 4.78 is 1.65. The van der Waals surface area contributed by atoms with Crippen LogP contribution in [0.25, 0.3) is 0 Å². The lowest BCUT2D eigenvalue weighted by Crippen LogP contribution is -2.40. The van der Waals surface area contributed by atoms with Gasteiger partial charge in [0.15, 0.2) is 0 Å². The average Bonchev–Trinajstić information content (AvgIpc) is 3.09. The lowest BCUT2D eigenvalue weighted by molar-refractivity contribution is -0.132. The minimum Gasteiger partial charge on any atom is -0.342 e. The summed E-state index contributed by atoms with van der Waals surface area (Å²) in [6, 6.07) is 5.15. The van der Waals surface area contributed by atoms with Gasteiger partial charge in [-0.15, -0.1) is 0 Å². The van der Waals surface area contributed by atoms with E-state index in [1.165, 1.54) is 12.4 Å². The second-order valence-corrected chi connectivity index (χ2v) is 5.96. The number of amides is 1. The minimum atomic E-state index is -0.0593. The average molecular weight is 315 g/mol. The van der Waals surface area contributed by atoms with Gasteiger partial charge in [-0.25, -0.2) is 4.98 Å². The van der Waals surface area contributed by atoms with Gasteiger partial charge in [-0.3, -0.25) is 14.7 Å². The number of nitrogens with zero attached hydrogens (tertiary/aromatic N) is 4. The van der Waals surface area contributed by atoms with Crippen LogP contribution in [0.2, 0.25) is 0 Å². The smallest absolute Gasteiger partial charge is 0.250 e. The fraction of sp³-hybridized carbons (Fsp3) is 0.500. The molecule has 122 valence electrons. The van der Waals surface area contributed by atoms with Crippen LogP contribution >= 0.6 is 0 Å². The summed E-state index contributed by atoms with van der Waals surface area (Å²) in [5.41, 5.74) is 0.819. The number of aromatic nitrogens is 4. The molecule has 3 heterocycles. The Morgan fingerprint density at radius 3 is 3.04 bits per heavy atom. The quantitative estimate of drug-likeness (QED) is 0.915. The van der Waals surface area contributed by atoms with Crippen molar-refractivity contribution in [3.8, 4) is 0 Å². The van der Waals surface area contributed by atoms with E-state index in [1.54, 1.807) is 10.6 Å². The number of aryl methyl sites for hydroxylation is 1. The zero-order chi connectivity index (χ0) is 16.2. The van der Waals surface area contributed by atoms with Crippen LogP contribution in [0.1, 0.15) is 36.7 Å². The molecule has 0 radical (unpaired) electrons. The zero-order valence-corrected chi connectivity index (χ0v) is 13.2. The number of carbonyl (C=O) groups is 1. The molecule has 0 aromatic carbocycles. The fourth-order valence-electron chi connectivity index (χ4n) is 3.11. The molecule has 2 aromatic rings. The topological polar surface area (TPSA) is 83.9 Å². The van der Waals surface area contributed by atoms with E-state index in [1.807, 2.05) is 17.9 Å². The SMILES string of the molecule is Cc1cccc(=O)n1CCC(=O)N1CCC[C@H](c2ncn[nH]2)C1. The highest BCUT2D eigenvalue weighted by atomic mass is 16.2. The summed E-state index contributed by atoms with van der Waals surface area (Å²) in [5, 5.41) is 6.78. The number of carbonyl (C=O) groups excluding carboxylic acids is 1. The summed E-state index contributed by atoms with van der Waals surface area (Å²) in [6.45, 7) is 3.74. The van der Waals surface area contributed by atoms with Crippen molar-refractivity contribution in [1.82, 2.24) is 24.6 Å². The number of nitrogens with one attached hydrogen (secondary N) is 1. The monoisotopic (exact) mass is 315 g/mol. The van der Waals surface area contributed by atoms with Gasteiger partial charge in [-0.2, -0.15) is 5.10 Å². The normalized spacial score (nSPS) is 18.1. The number of aromatic amines is 1. The first-order valence-corrected chi connectivity index (χ1v) is 7.94. The van der Waals surface area contributed by atoms with Crippen molar-refractivity contribution < 1.29 is 4.79 Å². The third-order valence-electron chi connectivity index (χ3n) is 4.41. The third kappa shape index (κ3) is 3.49. The van der Waals surface area contributed by atoms with Gasteiger partial charge in [0.2, 0.25) is 5.91 Å². The van der Waals surface area contributed by atoms with Crippen LogP contribution in [0.4, 0.5) is 0 Å². The first-order chi connectivity index (χ1) is 11.1. The van der Waals surface area contributed by atoms with Gasteiger partial charge in [0.05, 0.1) is 0 Å². The standard InChI is InChI=1S/C16H21N5O2/c1-12-4-2-6-15(23)21(12)9-7-14(22)20-8-3-5-13(10-20)16-17-11-18-19-16/h2,4,6,11,13H,3,5,7-10H2,1H3,(H,17,18,19)/t13-/m0/s1. The zero-order valence-electron chi connectivity index (χ0n) is 13.2. The Labute approximate surface area is 134 Å². The second kappa shape index (κ2) is 6.76. The molecule has 0 unspecified atom stereocenters. The van der Waals surface area contributed by atoms with Crippen molar-refractivity contribution in [1.29, 1.82) is 0 Å². The maximum atomic E-state index is 12.5.